The van der Waals surface area contributed by atoms with Gasteiger partial charge in [-0.1, -0.05) is 18.2 Å². The number of methoxy groups -OCH3 is 1. The van der Waals surface area contributed by atoms with Crippen molar-refractivity contribution >= 4 is 66.0 Å². The number of fused-ring (bicyclic) bond motifs is 3. The van der Waals surface area contributed by atoms with E-state index in [1.165, 1.54) is 0 Å². The van der Waals surface area contributed by atoms with E-state index in [0.29, 0.717) is 34.2 Å². The molecule has 2 aromatic heterocycles. The van der Waals surface area contributed by atoms with Crippen LogP contribution < -0.4 is 19.7 Å². The van der Waals surface area contributed by atoms with E-state index in [-0.39, 0.29) is 0 Å². The number of anilines is 4. The van der Waals surface area contributed by atoms with Gasteiger partial charge in [0.15, 0.2) is 5.58 Å². The van der Waals surface area contributed by atoms with E-state index in [9.17, 15) is 8.42 Å². The van der Waals surface area contributed by atoms with Gasteiger partial charge in [-0.2, -0.15) is 4.98 Å². The van der Waals surface area contributed by atoms with Crippen molar-refractivity contribution in [2.45, 2.75) is 0 Å². The predicted octanol–water partition coefficient (Wildman–Crippen LogP) is 4.72. The number of aromatic nitrogens is 2. The first kappa shape index (κ1) is 21.8. The number of pyridine rings is 1. The van der Waals surface area contributed by atoms with Crippen LogP contribution >= 0.6 is 0 Å². The molecule has 0 amide bonds. The molecule has 9 nitrogen and oxygen atoms in total. The van der Waals surface area contributed by atoms with Crippen LogP contribution in [0.3, 0.4) is 0 Å². The Morgan fingerprint density at radius 1 is 0.941 bits per heavy atom. The van der Waals surface area contributed by atoms with E-state index in [1.807, 2.05) is 50.5 Å². The Labute approximate surface area is 196 Å². The number of ether oxygens (including phenoxy) is 1. The first-order valence-electron chi connectivity index (χ1n) is 10.4. The maximum absolute atomic E-state index is 11.8. The van der Waals surface area contributed by atoms with Gasteiger partial charge in [-0.3, -0.25) is 4.72 Å². The Hall–Kier alpha value is -4.05. The minimum absolute atomic E-state index is 0.418. The minimum atomic E-state index is -3.44. The van der Waals surface area contributed by atoms with E-state index < -0.39 is 10.0 Å². The number of rotatable bonds is 6. The fourth-order valence-corrected chi connectivity index (χ4v) is 4.40. The van der Waals surface area contributed by atoms with Gasteiger partial charge in [-0.05, 0) is 36.4 Å². The van der Waals surface area contributed by atoms with Crippen LogP contribution in [0, 0.1) is 0 Å². The van der Waals surface area contributed by atoms with Crippen LogP contribution in [0.25, 0.3) is 32.9 Å². The lowest BCUT2D eigenvalue weighted by molar-refractivity contribution is 0.417. The molecular weight excluding hydrogens is 454 g/mol. The lowest BCUT2D eigenvalue weighted by Crippen LogP contribution is -2.09. The van der Waals surface area contributed by atoms with Gasteiger partial charge >= 0.3 is 0 Å². The lowest BCUT2D eigenvalue weighted by Gasteiger charge is -2.17. The number of hydrogen-bond donors (Lipinski definition) is 2. The summed E-state index contributed by atoms with van der Waals surface area (Å²) < 4.78 is 37.5. The van der Waals surface area contributed by atoms with Gasteiger partial charge in [0.25, 0.3) is 6.01 Å². The summed E-state index contributed by atoms with van der Waals surface area (Å²) in [6.07, 6.45) is 1.11. The third kappa shape index (κ3) is 4.03. The van der Waals surface area contributed by atoms with Crippen molar-refractivity contribution in [1.29, 1.82) is 0 Å². The monoisotopic (exact) mass is 477 g/mol. The SMILES string of the molecule is COc1ccc(NS(C)(=O)=O)cc1Nc1c2ccccc2nc2cc3nc(N(C)C)oc3cc12. The zero-order chi connectivity index (χ0) is 24.0. The molecule has 0 saturated carbocycles. The highest BCUT2D eigenvalue weighted by molar-refractivity contribution is 7.92. The van der Waals surface area contributed by atoms with Crippen molar-refractivity contribution < 1.29 is 17.6 Å². The number of oxazole rings is 1. The fraction of sp³-hybridized carbons (Fsp3) is 0.167. The van der Waals surface area contributed by atoms with Crippen molar-refractivity contribution in [2.75, 3.05) is 42.4 Å². The normalized spacial score (nSPS) is 11.8. The van der Waals surface area contributed by atoms with Gasteiger partial charge in [-0.25, -0.2) is 13.4 Å². The second-order valence-corrected chi connectivity index (χ2v) is 9.89. The number of benzene rings is 3. The van der Waals surface area contributed by atoms with Crippen LogP contribution in [0.2, 0.25) is 0 Å². The molecule has 0 aliphatic rings. The molecule has 0 spiro atoms. The first-order chi connectivity index (χ1) is 16.2. The Morgan fingerprint density at radius 2 is 1.74 bits per heavy atom. The second kappa shape index (κ2) is 8.07. The molecule has 0 fully saturated rings. The van der Waals surface area contributed by atoms with E-state index in [2.05, 4.69) is 15.0 Å². The molecule has 0 unspecified atom stereocenters. The molecular formula is C24H23N5O4S. The summed E-state index contributed by atoms with van der Waals surface area (Å²) >= 11 is 0. The summed E-state index contributed by atoms with van der Waals surface area (Å²) in [5.74, 6) is 0.559. The van der Waals surface area contributed by atoms with E-state index in [1.54, 1.807) is 30.2 Å². The van der Waals surface area contributed by atoms with Crippen LogP contribution in [0.1, 0.15) is 0 Å². The molecule has 0 saturated heterocycles. The quantitative estimate of drug-likeness (QED) is 0.338. The Kier molecular flexibility index (Phi) is 5.17. The number of nitrogens with zero attached hydrogens (tertiary/aromatic N) is 3. The molecule has 0 aliphatic carbocycles. The van der Waals surface area contributed by atoms with Gasteiger partial charge in [0.05, 0.1) is 41.5 Å². The zero-order valence-corrected chi connectivity index (χ0v) is 19.9. The second-order valence-electron chi connectivity index (χ2n) is 8.15. The average molecular weight is 478 g/mol. The predicted molar refractivity (Wildman–Crippen MR) is 136 cm³/mol. The number of nitrogens with one attached hydrogen (secondary N) is 2. The van der Waals surface area contributed by atoms with Crippen molar-refractivity contribution in [2.24, 2.45) is 0 Å². The van der Waals surface area contributed by atoms with Gasteiger partial charge in [0.1, 0.15) is 11.3 Å². The molecule has 2 heterocycles. The molecule has 5 rings (SSSR count). The van der Waals surface area contributed by atoms with Crippen molar-refractivity contribution in [1.82, 2.24) is 9.97 Å². The van der Waals surface area contributed by atoms with E-state index in [0.717, 1.165) is 33.7 Å². The summed E-state index contributed by atoms with van der Waals surface area (Å²) in [5.41, 5.74) is 4.70. The lowest BCUT2D eigenvalue weighted by atomic mass is 10.1. The topological polar surface area (TPSA) is 110 Å². The van der Waals surface area contributed by atoms with Crippen LogP contribution in [-0.4, -0.2) is 45.8 Å². The maximum Gasteiger partial charge on any atom is 0.297 e. The summed E-state index contributed by atoms with van der Waals surface area (Å²) in [4.78, 5) is 11.2. The maximum atomic E-state index is 11.8. The molecule has 5 aromatic rings. The first-order valence-corrected chi connectivity index (χ1v) is 12.3. The molecule has 0 bridgehead atoms. The van der Waals surface area contributed by atoms with Gasteiger partial charge < -0.3 is 19.4 Å². The van der Waals surface area contributed by atoms with Crippen LogP contribution in [0.5, 0.6) is 5.75 Å². The molecule has 10 heteroatoms. The van der Waals surface area contributed by atoms with Gasteiger partial charge in [0.2, 0.25) is 10.0 Å². The Balaban J connectivity index is 1.74. The molecule has 0 aliphatic heterocycles. The van der Waals surface area contributed by atoms with E-state index in [4.69, 9.17) is 14.1 Å². The van der Waals surface area contributed by atoms with Crippen LogP contribution in [-0.2, 0) is 10.0 Å². The van der Waals surface area contributed by atoms with Gasteiger partial charge in [0, 0.05) is 24.9 Å². The highest BCUT2D eigenvalue weighted by Gasteiger charge is 2.16. The minimum Gasteiger partial charge on any atom is -0.495 e. The zero-order valence-electron chi connectivity index (χ0n) is 19.1. The largest absolute Gasteiger partial charge is 0.495 e. The molecule has 2 N–H and O–H groups in total. The van der Waals surface area contributed by atoms with E-state index >= 15 is 0 Å². The molecule has 174 valence electrons. The molecule has 3 aromatic carbocycles. The third-order valence-electron chi connectivity index (χ3n) is 5.32. The molecule has 34 heavy (non-hydrogen) atoms. The highest BCUT2D eigenvalue weighted by Crippen LogP contribution is 2.39. The number of hydrogen-bond acceptors (Lipinski definition) is 8. The average Bonchev–Trinajstić information content (AvgIpc) is 3.20. The van der Waals surface area contributed by atoms with Crippen molar-refractivity contribution in [3.8, 4) is 5.75 Å². The van der Waals surface area contributed by atoms with Crippen LogP contribution in [0.15, 0.2) is 59.0 Å². The third-order valence-corrected chi connectivity index (χ3v) is 5.93. The molecule has 0 atom stereocenters. The summed E-state index contributed by atoms with van der Waals surface area (Å²) in [7, 11) is 1.86. The smallest absolute Gasteiger partial charge is 0.297 e. The van der Waals surface area contributed by atoms with Gasteiger partial charge in [-0.15, -0.1) is 0 Å². The standard InChI is InChI=1S/C24H23N5O4S/c1-29(2)24-27-20-13-18-16(12-22(20)33-24)23(15-7-5-6-8-17(15)25-18)26-19-11-14(28-34(4,30)31)9-10-21(19)32-3/h5-13,28H,1-4H3,(H,25,26). The Bertz CT molecular complexity index is 1660. The summed E-state index contributed by atoms with van der Waals surface area (Å²) in [5, 5.41) is 5.18. The molecule has 0 radical (unpaired) electrons. The van der Waals surface area contributed by atoms with Crippen molar-refractivity contribution in [3.63, 3.8) is 0 Å². The summed E-state index contributed by atoms with van der Waals surface area (Å²) in [6, 6.07) is 17.2. The van der Waals surface area contributed by atoms with Crippen molar-refractivity contribution in [3.05, 3.63) is 54.6 Å². The fourth-order valence-electron chi connectivity index (χ4n) is 3.84. The highest BCUT2D eigenvalue weighted by atomic mass is 32.2. The Morgan fingerprint density at radius 3 is 2.47 bits per heavy atom. The number of sulfonamides is 1. The summed E-state index contributed by atoms with van der Waals surface area (Å²) in [6.45, 7) is 0. The van der Waals surface area contributed by atoms with Crippen LogP contribution in [0.4, 0.5) is 23.1 Å². The number of para-hydroxylation sites is 1.